The van der Waals surface area contributed by atoms with Gasteiger partial charge in [-0.15, -0.1) is 5.92 Å². The molecule has 4 rings (SSSR count). The molecule has 0 saturated heterocycles. The molecule has 1 N–H and O–H groups in total. The van der Waals surface area contributed by atoms with Crippen LogP contribution in [0.2, 0.25) is 0 Å². The second kappa shape index (κ2) is 10.2. The SMILES string of the molecule is CC#C[C@@H](CC(=O)O)c1ccc(OCc2cccc(CN3CCc4occc4C3)c2)cc1. The molecular weight excluding hydrogens is 402 g/mol. The highest BCUT2D eigenvalue weighted by Crippen LogP contribution is 2.24. The van der Waals surface area contributed by atoms with Gasteiger partial charge in [0.25, 0.3) is 0 Å². The first kappa shape index (κ1) is 21.7. The van der Waals surface area contributed by atoms with Crippen LogP contribution in [0, 0.1) is 11.8 Å². The Morgan fingerprint density at radius 1 is 1.19 bits per heavy atom. The van der Waals surface area contributed by atoms with Crippen molar-refractivity contribution in [2.45, 2.75) is 45.4 Å². The molecule has 0 fully saturated rings. The van der Waals surface area contributed by atoms with E-state index in [0.717, 1.165) is 48.7 Å². The highest BCUT2D eigenvalue weighted by atomic mass is 16.5. The van der Waals surface area contributed by atoms with E-state index < -0.39 is 5.97 Å². The van der Waals surface area contributed by atoms with Crippen LogP contribution in [0.3, 0.4) is 0 Å². The van der Waals surface area contributed by atoms with Crippen LogP contribution >= 0.6 is 0 Å². The van der Waals surface area contributed by atoms with Crippen molar-refractivity contribution in [1.29, 1.82) is 0 Å². The number of fused-ring (bicyclic) bond motifs is 1. The molecule has 1 aliphatic rings. The molecule has 32 heavy (non-hydrogen) atoms. The molecule has 164 valence electrons. The number of carbonyl (C=O) groups is 1. The molecule has 2 aromatic carbocycles. The second-order valence-corrected chi connectivity index (χ2v) is 8.05. The Labute approximate surface area is 188 Å². The number of rotatable bonds is 8. The minimum atomic E-state index is -0.854. The minimum absolute atomic E-state index is 0.00718. The zero-order valence-corrected chi connectivity index (χ0v) is 18.2. The molecule has 2 heterocycles. The van der Waals surface area contributed by atoms with E-state index in [1.165, 1.54) is 11.1 Å². The van der Waals surface area contributed by atoms with Crippen molar-refractivity contribution in [3.63, 3.8) is 0 Å². The summed E-state index contributed by atoms with van der Waals surface area (Å²) in [7, 11) is 0. The smallest absolute Gasteiger partial charge is 0.304 e. The minimum Gasteiger partial charge on any atom is -0.489 e. The van der Waals surface area contributed by atoms with Crippen LogP contribution in [0.5, 0.6) is 5.75 Å². The lowest BCUT2D eigenvalue weighted by atomic mass is 9.96. The molecule has 0 radical (unpaired) electrons. The summed E-state index contributed by atoms with van der Waals surface area (Å²) in [6.45, 7) is 5.02. The van der Waals surface area contributed by atoms with E-state index in [4.69, 9.17) is 14.3 Å². The molecule has 0 aliphatic carbocycles. The fraction of sp³-hybridized carbons (Fsp3) is 0.296. The standard InChI is InChI=1S/C27H27NO4/c1-2-4-23(16-27(29)30)22-7-9-25(10-8-22)32-19-21-6-3-5-20(15-21)17-28-13-11-26-24(18-28)12-14-31-26/h3,5-10,12,14-15,23H,11,13,16-19H2,1H3,(H,29,30)/t23-/m0/s1. The number of hydrogen-bond donors (Lipinski definition) is 1. The molecule has 1 atom stereocenters. The molecule has 3 aromatic rings. The number of nitrogens with zero attached hydrogens (tertiary/aromatic N) is 1. The van der Waals surface area contributed by atoms with Gasteiger partial charge >= 0.3 is 5.97 Å². The van der Waals surface area contributed by atoms with Crippen LogP contribution in [-0.4, -0.2) is 22.5 Å². The van der Waals surface area contributed by atoms with Crippen molar-refractivity contribution < 1.29 is 19.1 Å². The van der Waals surface area contributed by atoms with Gasteiger partial charge < -0.3 is 14.3 Å². The lowest BCUT2D eigenvalue weighted by Crippen LogP contribution is -2.29. The van der Waals surface area contributed by atoms with Crippen molar-refractivity contribution in [2.24, 2.45) is 0 Å². The maximum atomic E-state index is 11.1. The Kier molecular flexibility index (Phi) is 6.94. The van der Waals surface area contributed by atoms with Crippen molar-refractivity contribution in [3.8, 4) is 17.6 Å². The number of hydrogen-bond acceptors (Lipinski definition) is 4. The topological polar surface area (TPSA) is 62.9 Å². The molecule has 1 aliphatic heterocycles. The van der Waals surface area contributed by atoms with Crippen LogP contribution in [0.1, 0.15) is 47.3 Å². The lowest BCUT2D eigenvalue weighted by Gasteiger charge is -2.26. The molecule has 5 nitrogen and oxygen atoms in total. The van der Waals surface area contributed by atoms with Gasteiger partial charge in [0.2, 0.25) is 0 Å². The summed E-state index contributed by atoms with van der Waals surface area (Å²) in [6.07, 6.45) is 2.73. The fourth-order valence-electron chi connectivity index (χ4n) is 4.08. The highest BCUT2D eigenvalue weighted by molar-refractivity contribution is 5.69. The fourth-order valence-corrected chi connectivity index (χ4v) is 4.08. The summed E-state index contributed by atoms with van der Waals surface area (Å²) in [5.41, 5.74) is 4.56. The average molecular weight is 430 g/mol. The zero-order valence-electron chi connectivity index (χ0n) is 18.2. The first-order valence-electron chi connectivity index (χ1n) is 10.8. The number of carboxylic acid groups (broad SMARTS) is 1. The van der Waals surface area contributed by atoms with Crippen molar-refractivity contribution in [3.05, 3.63) is 88.9 Å². The quantitative estimate of drug-likeness (QED) is 0.511. The third-order valence-corrected chi connectivity index (χ3v) is 5.67. The molecule has 0 saturated carbocycles. The number of benzene rings is 2. The molecule has 0 amide bonds. The van der Waals surface area contributed by atoms with E-state index in [9.17, 15) is 4.79 Å². The van der Waals surface area contributed by atoms with Crippen LogP contribution in [0.15, 0.2) is 65.3 Å². The van der Waals surface area contributed by atoms with Crippen LogP contribution in [-0.2, 0) is 30.9 Å². The Morgan fingerprint density at radius 3 is 2.78 bits per heavy atom. The molecular formula is C27H27NO4. The Hall–Kier alpha value is -3.49. The van der Waals surface area contributed by atoms with Gasteiger partial charge in [-0.2, -0.15) is 0 Å². The summed E-state index contributed by atoms with van der Waals surface area (Å²) in [4.78, 5) is 13.5. The predicted molar refractivity (Wildman–Crippen MR) is 122 cm³/mol. The third kappa shape index (κ3) is 5.60. The van der Waals surface area contributed by atoms with Gasteiger partial charge in [-0.25, -0.2) is 0 Å². The Bertz CT molecular complexity index is 1120. The van der Waals surface area contributed by atoms with E-state index in [0.29, 0.717) is 6.61 Å². The van der Waals surface area contributed by atoms with Crippen LogP contribution in [0.25, 0.3) is 0 Å². The first-order valence-corrected chi connectivity index (χ1v) is 10.8. The van der Waals surface area contributed by atoms with Gasteiger partial charge in [0.05, 0.1) is 18.6 Å². The molecule has 1 aromatic heterocycles. The largest absolute Gasteiger partial charge is 0.489 e. The van der Waals surface area contributed by atoms with Gasteiger partial charge in [-0.3, -0.25) is 9.69 Å². The maximum absolute atomic E-state index is 11.1. The van der Waals surface area contributed by atoms with Crippen molar-refractivity contribution in [1.82, 2.24) is 4.90 Å². The normalized spacial score (nSPS) is 14.2. The molecule has 0 unspecified atom stereocenters. The number of ether oxygens (including phenoxy) is 1. The monoisotopic (exact) mass is 429 g/mol. The number of carboxylic acids is 1. The third-order valence-electron chi connectivity index (χ3n) is 5.67. The van der Waals surface area contributed by atoms with E-state index in [1.54, 1.807) is 13.2 Å². The summed E-state index contributed by atoms with van der Waals surface area (Å²) >= 11 is 0. The second-order valence-electron chi connectivity index (χ2n) is 8.05. The lowest BCUT2D eigenvalue weighted by molar-refractivity contribution is -0.137. The summed E-state index contributed by atoms with van der Waals surface area (Å²) < 4.78 is 11.5. The maximum Gasteiger partial charge on any atom is 0.304 e. The number of furan rings is 1. The Morgan fingerprint density at radius 2 is 2.00 bits per heavy atom. The Balaban J connectivity index is 1.34. The average Bonchev–Trinajstić information content (AvgIpc) is 3.26. The zero-order chi connectivity index (χ0) is 22.3. The van der Waals surface area contributed by atoms with E-state index in [2.05, 4.69) is 47.1 Å². The van der Waals surface area contributed by atoms with Gasteiger partial charge in [0, 0.05) is 31.6 Å². The summed E-state index contributed by atoms with van der Waals surface area (Å²) in [5, 5.41) is 9.10. The van der Waals surface area contributed by atoms with E-state index >= 15 is 0 Å². The highest BCUT2D eigenvalue weighted by Gasteiger charge is 2.18. The van der Waals surface area contributed by atoms with Gasteiger partial charge in [-0.1, -0.05) is 42.3 Å². The first-order chi connectivity index (χ1) is 15.6. The number of aliphatic carboxylic acids is 1. The van der Waals surface area contributed by atoms with Gasteiger partial charge in [0.15, 0.2) is 0 Å². The van der Waals surface area contributed by atoms with E-state index in [1.807, 2.05) is 24.3 Å². The van der Waals surface area contributed by atoms with Crippen molar-refractivity contribution in [2.75, 3.05) is 6.54 Å². The molecule has 0 bridgehead atoms. The summed E-state index contributed by atoms with van der Waals surface area (Å²) in [5.74, 6) is 6.49. The van der Waals surface area contributed by atoms with Crippen LogP contribution < -0.4 is 4.74 Å². The van der Waals surface area contributed by atoms with Crippen molar-refractivity contribution >= 4 is 5.97 Å². The van der Waals surface area contributed by atoms with E-state index in [-0.39, 0.29) is 12.3 Å². The van der Waals surface area contributed by atoms with Gasteiger partial charge in [0.1, 0.15) is 18.1 Å². The van der Waals surface area contributed by atoms with Gasteiger partial charge in [-0.05, 0) is 41.8 Å². The predicted octanol–water partition coefficient (Wildman–Crippen LogP) is 5.00. The van der Waals surface area contributed by atoms with Crippen LogP contribution in [0.4, 0.5) is 0 Å². The summed E-state index contributed by atoms with van der Waals surface area (Å²) in [6, 6.07) is 18.1. The molecule has 0 spiro atoms. The molecule has 5 heteroatoms.